The van der Waals surface area contributed by atoms with Gasteiger partial charge >= 0.3 is 12.0 Å². The van der Waals surface area contributed by atoms with Gasteiger partial charge < -0.3 is 20.4 Å². The fraction of sp³-hybridized carbons (Fsp3) is 0.467. The number of hydrogen-bond donors (Lipinski definition) is 3. The number of likely N-dealkylation sites (tertiary alicyclic amines) is 1. The molecule has 0 aromatic heterocycles. The fourth-order valence-electron chi connectivity index (χ4n) is 2.70. The average Bonchev–Trinajstić information content (AvgIpc) is 2.48. The monoisotopic (exact) mass is 292 g/mol. The van der Waals surface area contributed by atoms with Gasteiger partial charge in [-0.2, -0.15) is 0 Å². The van der Waals surface area contributed by atoms with E-state index in [0.29, 0.717) is 6.54 Å². The second-order valence-electron chi connectivity index (χ2n) is 5.22. The van der Waals surface area contributed by atoms with E-state index in [-0.39, 0.29) is 29.1 Å². The summed E-state index contributed by atoms with van der Waals surface area (Å²) in [5.41, 5.74) is 0.0825. The van der Waals surface area contributed by atoms with Crippen LogP contribution >= 0.6 is 0 Å². The van der Waals surface area contributed by atoms with Gasteiger partial charge in [0.2, 0.25) is 0 Å². The third-order valence-electron chi connectivity index (χ3n) is 3.83. The lowest BCUT2D eigenvalue weighted by molar-refractivity contribution is 0.0697. The number of hydrogen-bond acceptors (Lipinski definition) is 3. The number of carbonyl (C=O) groups excluding carboxylic acids is 1. The normalized spacial score (nSPS) is 18.3. The van der Waals surface area contributed by atoms with Crippen molar-refractivity contribution in [2.45, 2.75) is 38.6 Å². The molecule has 1 unspecified atom stereocenters. The van der Waals surface area contributed by atoms with Crippen molar-refractivity contribution in [1.29, 1.82) is 0 Å². The van der Waals surface area contributed by atoms with Crippen molar-refractivity contribution >= 4 is 17.7 Å². The van der Waals surface area contributed by atoms with Crippen molar-refractivity contribution in [3.63, 3.8) is 0 Å². The van der Waals surface area contributed by atoms with Gasteiger partial charge in [0.05, 0.1) is 11.3 Å². The van der Waals surface area contributed by atoms with Gasteiger partial charge in [0.15, 0.2) is 0 Å². The SMILES string of the molecule is CCC1CCCCN1C(=O)Nc1ccc(O)cc1C(=O)O. The lowest BCUT2D eigenvalue weighted by Crippen LogP contribution is -2.45. The first-order chi connectivity index (χ1) is 10.0. The molecule has 0 bridgehead atoms. The molecule has 114 valence electrons. The number of carbonyl (C=O) groups is 2. The first-order valence-corrected chi connectivity index (χ1v) is 7.17. The first-order valence-electron chi connectivity index (χ1n) is 7.17. The number of carboxylic acids is 1. The summed E-state index contributed by atoms with van der Waals surface area (Å²) in [5.74, 6) is -1.33. The van der Waals surface area contributed by atoms with Gasteiger partial charge in [-0.3, -0.25) is 0 Å². The van der Waals surface area contributed by atoms with Crippen LogP contribution in [0.5, 0.6) is 5.75 Å². The van der Waals surface area contributed by atoms with Crippen LogP contribution in [0.15, 0.2) is 18.2 Å². The number of piperidine rings is 1. The predicted molar refractivity (Wildman–Crippen MR) is 78.7 cm³/mol. The van der Waals surface area contributed by atoms with E-state index in [1.165, 1.54) is 12.1 Å². The Kier molecular flexibility index (Phi) is 4.67. The quantitative estimate of drug-likeness (QED) is 0.747. The third-order valence-corrected chi connectivity index (χ3v) is 3.83. The van der Waals surface area contributed by atoms with Gasteiger partial charge in [-0.15, -0.1) is 0 Å². The third kappa shape index (κ3) is 3.45. The number of rotatable bonds is 3. The predicted octanol–water partition coefficient (Wildman–Crippen LogP) is 2.89. The van der Waals surface area contributed by atoms with E-state index in [2.05, 4.69) is 5.32 Å². The Morgan fingerprint density at radius 1 is 1.38 bits per heavy atom. The van der Waals surface area contributed by atoms with E-state index in [0.717, 1.165) is 31.7 Å². The number of anilines is 1. The Morgan fingerprint density at radius 3 is 2.81 bits per heavy atom. The second kappa shape index (κ2) is 6.47. The van der Waals surface area contributed by atoms with Crippen LogP contribution in [0.3, 0.4) is 0 Å². The summed E-state index contributed by atoms with van der Waals surface area (Å²) in [6, 6.07) is 3.81. The van der Waals surface area contributed by atoms with Crippen molar-refractivity contribution in [2.24, 2.45) is 0 Å². The molecular formula is C15H20N2O4. The summed E-state index contributed by atoms with van der Waals surface area (Å²) in [5, 5.41) is 21.1. The number of phenols is 1. The standard InChI is InChI=1S/C15H20N2O4/c1-2-10-5-3-4-8-17(10)15(21)16-13-7-6-11(18)9-12(13)14(19)20/h6-7,9-10,18H,2-5,8H2,1H3,(H,16,21)(H,19,20). The van der Waals surface area contributed by atoms with Crippen molar-refractivity contribution in [2.75, 3.05) is 11.9 Å². The van der Waals surface area contributed by atoms with E-state index in [1.807, 2.05) is 6.92 Å². The molecule has 2 amide bonds. The molecule has 1 aromatic rings. The number of nitrogens with zero attached hydrogens (tertiary/aromatic N) is 1. The molecule has 3 N–H and O–H groups in total. The molecule has 1 heterocycles. The number of urea groups is 1. The van der Waals surface area contributed by atoms with Crippen LogP contribution in [0.2, 0.25) is 0 Å². The molecule has 1 atom stereocenters. The molecule has 1 fully saturated rings. The van der Waals surface area contributed by atoms with Gasteiger partial charge in [0, 0.05) is 12.6 Å². The minimum Gasteiger partial charge on any atom is -0.508 e. The summed E-state index contributed by atoms with van der Waals surface area (Å²) in [6.45, 7) is 2.73. The highest BCUT2D eigenvalue weighted by atomic mass is 16.4. The Balaban J connectivity index is 2.17. The van der Waals surface area contributed by atoms with E-state index in [1.54, 1.807) is 4.90 Å². The molecule has 0 aliphatic carbocycles. The summed E-state index contributed by atoms with van der Waals surface area (Å²) in [7, 11) is 0. The number of phenolic OH excluding ortho intramolecular Hbond substituents is 1. The average molecular weight is 292 g/mol. The zero-order valence-electron chi connectivity index (χ0n) is 12.0. The van der Waals surface area contributed by atoms with Gasteiger partial charge in [0.1, 0.15) is 5.75 Å². The lowest BCUT2D eigenvalue weighted by Gasteiger charge is -2.35. The Morgan fingerprint density at radius 2 is 2.14 bits per heavy atom. The minimum atomic E-state index is -1.19. The fourth-order valence-corrected chi connectivity index (χ4v) is 2.70. The number of aromatic carboxylic acids is 1. The molecule has 6 nitrogen and oxygen atoms in total. The Bertz CT molecular complexity index is 544. The zero-order chi connectivity index (χ0) is 15.4. The summed E-state index contributed by atoms with van der Waals surface area (Å²) < 4.78 is 0. The second-order valence-corrected chi connectivity index (χ2v) is 5.22. The van der Waals surface area contributed by atoms with Crippen LogP contribution in [-0.4, -0.2) is 39.7 Å². The lowest BCUT2D eigenvalue weighted by atomic mass is 10.0. The van der Waals surface area contributed by atoms with Gasteiger partial charge in [-0.05, 0) is 43.9 Å². The van der Waals surface area contributed by atoms with Crippen LogP contribution in [0, 0.1) is 0 Å². The maximum atomic E-state index is 12.4. The zero-order valence-corrected chi connectivity index (χ0v) is 12.0. The Hall–Kier alpha value is -2.24. The molecule has 0 spiro atoms. The van der Waals surface area contributed by atoms with Crippen LogP contribution in [0.25, 0.3) is 0 Å². The van der Waals surface area contributed by atoms with Crippen molar-refractivity contribution in [1.82, 2.24) is 4.90 Å². The largest absolute Gasteiger partial charge is 0.508 e. The molecule has 6 heteroatoms. The van der Waals surface area contributed by atoms with E-state index < -0.39 is 5.97 Å². The van der Waals surface area contributed by atoms with Crippen molar-refractivity contribution < 1.29 is 19.8 Å². The Labute approximate surface area is 123 Å². The van der Waals surface area contributed by atoms with Crippen LogP contribution in [-0.2, 0) is 0 Å². The number of amides is 2. The molecule has 1 aromatic carbocycles. The van der Waals surface area contributed by atoms with Gasteiger partial charge in [-0.1, -0.05) is 6.92 Å². The highest BCUT2D eigenvalue weighted by molar-refractivity contribution is 6.00. The molecule has 1 aliphatic heterocycles. The van der Waals surface area contributed by atoms with E-state index >= 15 is 0 Å². The van der Waals surface area contributed by atoms with Crippen LogP contribution in [0.4, 0.5) is 10.5 Å². The van der Waals surface area contributed by atoms with Gasteiger partial charge in [-0.25, -0.2) is 9.59 Å². The first kappa shape index (κ1) is 15.2. The van der Waals surface area contributed by atoms with Crippen LogP contribution in [0.1, 0.15) is 43.0 Å². The van der Waals surface area contributed by atoms with E-state index in [4.69, 9.17) is 5.11 Å². The number of carboxylic acid groups (broad SMARTS) is 1. The number of nitrogens with one attached hydrogen (secondary N) is 1. The highest BCUT2D eigenvalue weighted by Gasteiger charge is 2.26. The smallest absolute Gasteiger partial charge is 0.337 e. The topological polar surface area (TPSA) is 89.9 Å². The maximum absolute atomic E-state index is 12.4. The number of benzene rings is 1. The highest BCUT2D eigenvalue weighted by Crippen LogP contribution is 2.24. The molecule has 1 saturated heterocycles. The van der Waals surface area contributed by atoms with Crippen molar-refractivity contribution in [3.05, 3.63) is 23.8 Å². The molecular weight excluding hydrogens is 272 g/mol. The number of aromatic hydroxyl groups is 1. The van der Waals surface area contributed by atoms with E-state index in [9.17, 15) is 14.7 Å². The van der Waals surface area contributed by atoms with Crippen molar-refractivity contribution in [3.8, 4) is 5.75 Å². The summed E-state index contributed by atoms with van der Waals surface area (Å²) in [6.07, 6.45) is 3.94. The molecule has 0 saturated carbocycles. The molecule has 0 radical (unpaired) electrons. The molecule has 2 rings (SSSR count). The molecule has 1 aliphatic rings. The summed E-state index contributed by atoms with van der Waals surface area (Å²) in [4.78, 5) is 25.3. The summed E-state index contributed by atoms with van der Waals surface area (Å²) >= 11 is 0. The maximum Gasteiger partial charge on any atom is 0.337 e. The van der Waals surface area contributed by atoms with Crippen LogP contribution < -0.4 is 5.32 Å². The molecule has 21 heavy (non-hydrogen) atoms. The van der Waals surface area contributed by atoms with Gasteiger partial charge in [0.25, 0.3) is 0 Å². The minimum absolute atomic E-state index is 0.117.